The molecule has 1 N–H and O–H groups in total. The van der Waals surface area contributed by atoms with Crippen molar-refractivity contribution in [3.8, 4) is 10.6 Å². The summed E-state index contributed by atoms with van der Waals surface area (Å²) in [5.74, 6) is 0.647. The SMILES string of the molecule is CC(C)CNCc1nnc(-c2ccc(Cl)cc2)s1. The van der Waals surface area contributed by atoms with Crippen LogP contribution in [-0.2, 0) is 6.54 Å². The van der Waals surface area contributed by atoms with Crippen LogP contribution < -0.4 is 5.32 Å². The second kappa shape index (κ2) is 6.27. The summed E-state index contributed by atoms with van der Waals surface area (Å²) >= 11 is 7.48. The van der Waals surface area contributed by atoms with Gasteiger partial charge in [-0.1, -0.05) is 48.9 Å². The van der Waals surface area contributed by atoms with Gasteiger partial charge in [0.2, 0.25) is 0 Å². The maximum absolute atomic E-state index is 5.86. The Bertz CT molecular complexity index is 493. The Kier molecular flexibility index (Phi) is 4.69. The average molecular weight is 282 g/mol. The van der Waals surface area contributed by atoms with E-state index >= 15 is 0 Å². The normalized spacial score (nSPS) is 11.1. The molecule has 0 aliphatic rings. The van der Waals surface area contributed by atoms with E-state index in [1.807, 2.05) is 24.3 Å². The first-order valence-electron chi connectivity index (χ1n) is 5.94. The molecule has 0 atom stereocenters. The van der Waals surface area contributed by atoms with Crippen LogP contribution in [0.5, 0.6) is 0 Å². The Morgan fingerprint density at radius 1 is 1.22 bits per heavy atom. The zero-order chi connectivity index (χ0) is 13.0. The van der Waals surface area contributed by atoms with Gasteiger partial charge in [0.15, 0.2) is 0 Å². The van der Waals surface area contributed by atoms with Crippen LogP contribution in [0.15, 0.2) is 24.3 Å². The molecule has 0 aliphatic carbocycles. The van der Waals surface area contributed by atoms with Crippen LogP contribution in [0.2, 0.25) is 5.02 Å². The molecular formula is C13H16ClN3S. The van der Waals surface area contributed by atoms with Crippen LogP contribution in [0.1, 0.15) is 18.9 Å². The molecule has 3 nitrogen and oxygen atoms in total. The van der Waals surface area contributed by atoms with Crippen molar-refractivity contribution < 1.29 is 0 Å². The van der Waals surface area contributed by atoms with E-state index < -0.39 is 0 Å². The molecule has 2 rings (SSSR count). The largest absolute Gasteiger partial charge is 0.310 e. The number of rotatable bonds is 5. The number of halogens is 1. The summed E-state index contributed by atoms with van der Waals surface area (Å²) in [7, 11) is 0. The highest BCUT2D eigenvalue weighted by atomic mass is 35.5. The van der Waals surface area contributed by atoms with Crippen molar-refractivity contribution in [2.45, 2.75) is 20.4 Å². The smallest absolute Gasteiger partial charge is 0.147 e. The third-order valence-corrected chi connectivity index (χ3v) is 3.61. The molecule has 0 bridgehead atoms. The van der Waals surface area contributed by atoms with Gasteiger partial charge in [-0.25, -0.2) is 0 Å². The summed E-state index contributed by atoms with van der Waals surface area (Å²) in [6, 6.07) is 7.67. The Hall–Kier alpha value is -0.970. The fraction of sp³-hybridized carbons (Fsp3) is 0.385. The average Bonchev–Trinajstić information content (AvgIpc) is 2.78. The third-order valence-electron chi connectivity index (χ3n) is 2.39. The van der Waals surface area contributed by atoms with Crippen molar-refractivity contribution in [1.29, 1.82) is 0 Å². The van der Waals surface area contributed by atoms with Crippen LogP contribution in [-0.4, -0.2) is 16.7 Å². The lowest BCUT2D eigenvalue weighted by molar-refractivity contribution is 0.550. The molecule has 0 spiro atoms. The van der Waals surface area contributed by atoms with E-state index in [0.717, 1.165) is 33.7 Å². The van der Waals surface area contributed by atoms with Crippen LogP contribution >= 0.6 is 22.9 Å². The van der Waals surface area contributed by atoms with Crippen molar-refractivity contribution >= 4 is 22.9 Å². The number of hydrogen-bond donors (Lipinski definition) is 1. The molecule has 0 saturated heterocycles. The van der Waals surface area contributed by atoms with Gasteiger partial charge >= 0.3 is 0 Å². The Labute approximate surface area is 116 Å². The van der Waals surface area contributed by atoms with Gasteiger partial charge < -0.3 is 5.32 Å². The van der Waals surface area contributed by atoms with Gasteiger partial charge in [0.1, 0.15) is 10.0 Å². The summed E-state index contributed by atoms with van der Waals surface area (Å²) in [6.45, 7) is 6.15. The van der Waals surface area contributed by atoms with E-state index in [1.54, 1.807) is 11.3 Å². The maximum Gasteiger partial charge on any atom is 0.147 e. The molecule has 0 fully saturated rings. The predicted octanol–water partition coefficient (Wildman–Crippen LogP) is 3.60. The number of nitrogens with zero attached hydrogens (tertiary/aromatic N) is 2. The monoisotopic (exact) mass is 281 g/mol. The van der Waals surface area contributed by atoms with Gasteiger partial charge in [0, 0.05) is 17.1 Å². The minimum absolute atomic E-state index is 0.647. The number of hydrogen-bond acceptors (Lipinski definition) is 4. The lowest BCUT2D eigenvalue weighted by Crippen LogP contribution is -2.18. The molecule has 0 unspecified atom stereocenters. The molecule has 0 amide bonds. The van der Waals surface area contributed by atoms with E-state index in [9.17, 15) is 0 Å². The van der Waals surface area contributed by atoms with E-state index in [4.69, 9.17) is 11.6 Å². The summed E-state index contributed by atoms with van der Waals surface area (Å²) in [4.78, 5) is 0. The first kappa shape index (κ1) is 13.5. The van der Waals surface area contributed by atoms with Crippen molar-refractivity contribution in [3.05, 3.63) is 34.3 Å². The van der Waals surface area contributed by atoms with Crippen molar-refractivity contribution in [3.63, 3.8) is 0 Å². The molecule has 1 aromatic carbocycles. The van der Waals surface area contributed by atoms with Gasteiger partial charge in [0.05, 0.1) is 0 Å². The molecule has 5 heteroatoms. The number of benzene rings is 1. The predicted molar refractivity (Wildman–Crippen MR) is 76.9 cm³/mol. The minimum Gasteiger partial charge on any atom is -0.310 e. The highest BCUT2D eigenvalue weighted by Crippen LogP contribution is 2.24. The van der Waals surface area contributed by atoms with Crippen molar-refractivity contribution in [2.24, 2.45) is 5.92 Å². The fourth-order valence-corrected chi connectivity index (χ4v) is 2.44. The van der Waals surface area contributed by atoms with Crippen molar-refractivity contribution in [2.75, 3.05) is 6.54 Å². The fourth-order valence-electron chi connectivity index (χ4n) is 1.50. The Morgan fingerprint density at radius 3 is 2.61 bits per heavy atom. The molecule has 18 heavy (non-hydrogen) atoms. The second-order valence-corrected chi connectivity index (χ2v) is 6.03. The lowest BCUT2D eigenvalue weighted by Gasteiger charge is -2.03. The van der Waals surface area contributed by atoms with Crippen LogP contribution in [0.25, 0.3) is 10.6 Å². The van der Waals surface area contributed by atoms with Crippen LogP contribution in [0.4, 0.5) is 0 Å². The van der Waals surface area contributed by atoms with Crippen LogP contribution in [0.3, 0.4) is 0 Å². The topological polar surface area (TPSA) is 37.8 Å². The number of aromatic nitrogens is 2. The quantitative estimate of drug-likeness (QED) is 0.910. The van der Waals surface area contributed by atoms with Gasteiger partial charge in [-0.2, -0.15) is 0 Å². The molecule has 96 valence electrons. The van der Waals surface area contributed by atoms with Gasteiger partial charge in [-0.3, -0.25) is 0 Å². The molecule has 1 aromatic heterocycles. The Morgan fingerprint density at radius 2 is 1.94 bits per heavy atom. The zero-order valence-electron chi connectivity index (χ0n) is 10.5. The molecular weight excluding hydrogens is 266 g/mol. The first-order chi connectivity index (χ1) is 8.65. The Balaban J connectivity index is 1.99. The van der Waals surface area contributed by atoms with E-state index in [1.165, 1.54) is 0 Å². The van der Waals surface area contributed by atoms with Gasteiger partial charge in [-0.05, 0) is 24.6 Å². The summed E-state index contributed by atoms with van der Waals surface area (Å²) < 4.78 is 0. The number of nitrogens with one attached hydrogen (secondary N) is 1. The lowest BCUT2D eigenvalue weighted by atomic mass is 10.2. The summed E-state index contributed by atoms with van der Waals surface area (Å²) in [6.07, 6.45) is 0. The third kappa shape index (κ3) is 3.77. The highest BCUT2D eigenvalue weighted by molar-refractivity contribution is 7.14. The molecule has 0 aliphatic heterocycles. The highest BCUT2D eigenvalue weighted by Gasteiger charge is 2.06. The zero-order valence-corrected chi connectivity index (χ0v) is 12.1. The molecule has 0 saturated carbocycles. The molecule has 1 heterocycles. The van der Waals surface area contributed by atoms with E-state index in [-0.39, 0.29) is 0 Å². The maximum atomic E-state index is 5.86. The minimum atomic E-state index is 0.647. The van der Waals surface area contributed by atoms with Gasteiger partial charge in [-0.15, -0.1) is 10.2 Å². The summed E-state index contributed by atoms with van der Waals surface area (Å²) in [5.41, 5.74) is 1.06. The van der Waals surface area contributed by atoms with E-state index in [0.29, 0.717) is 5.92 Å². The summed E-state index contributed by atoms with van der Waals surface area (Å²) in [5, 5.41) is 14.4. The van der Waals surface area contributed by atoms with E-state index in [2.05, 4.69) is 29.4 Å². The second-order valence-electron chi connectivity index (χ2n) is 4.53. The molecule has 2 aromatic rings. The van der Waals surface area contributed by atoms with Crippen LogP contribution in [0, 0.1) is 5.92 Å². The van der Waals surface area contributed by atoms with Gasteiger partial charge in [0.25, 0.3) is 0 Å². The van der Waals surface area contributed by atoms with Crippen molar-refractivity contribution in [1.82, 2.24) is 15.5 Å². The standard InChI is InChI=1S/C13H16ClN3S/c1-9(2)7-15-8-12-16-17-13(18-12)10-3-5-11(14)6-4-10/h3-6,9,15H,7-8H2,1-2H3. The first-order valence-corrected chi connectivity index (χ1v) is 7.13. The molecule has 0 radical (unpaired) electrons.